The number of aromatic nitrogens is 5. The van der Waals surface area contributed by atoms with Crippen molar-refractivity contribution in [3.05, 3.63) is 66.0 Å². The van der Waals surface area contributed by atoms with Crippen molar-refractivity contribution >= 4 is 22.7 Å². The zero-order chi connectivity index (χ0) is 20.5. The fraction of sp³-hybridized carbons (Fsp3) is 0.105. The standard InChI is InChI=1S/C19H14F2N8/c1-10(27-18-14(6-22)17(23)25-9-26-18)19-28-15-3-2-11(20)5-16(15)29(19)13-4-12(21)7-24-8-13/h2-5,7-10H,1H3,(H3,23,25,26,27)/t10-/m1/s1. The van der Waals surface area contributed by atoms with Crippen molar-refractivity contribution in [1.82, 2.24) is 24.5 Å². The molecule has 0 saturated heterocycles. The predicted molar refractivity (Wildman–Crippen MR) is 102 cm³/mol. The quantitative estimate of drug-likeness (QED) is 0.548. The summed E-state index contributed by atoms with van der Waals surface area (Å²) in [5.74, 6) is -0.274. The SMILES string of the molecule is C[C@@H](Nc1ncnc(N)c1C#N)c1nc2ccc(F)cc2n1-c1cncc(F)c1. The van der Waals surface area contributed by atoms with Crippen LogP contribution in [0.3, 0.4) is 0 Å². The normalized spacial score (nSPS) is 11.9. The van der Waals surface area contributed by atoms with E-state index in [1.165, 1.54) is 36.8 Å². The fourth-order valence-electron chi connectivity index (χ4n) is 3.04. The van der Waals surface area contributed by atoms with Crippen LogP contribution in [-0.4, -0.2) is 24.5 Å². The van der Waals surface area contributed by atoms with Gasteiger partial charge in [-0.15, -0.1) is 0 Å². The van der Waals surface area contributed by atoms with E-state index >= 15 is 0 Å². The summed E-state index contributed by atoms with van der Waals surface area (Å²) in [6, 6.07) is 6.87. The predicted octanol–water partition coefficient (Wildman–Crippen LogP) is 3.12. The number of halogens is 2. The summed E-state index contributed by atoms with van der Waals surface area (Å²) < 4.78 is 29.3. The summed E-state index contributed by atoms with van der Waals surface area (Å²) in [5, 5.41) is 12.4. The van der Waals surface area contributed by atoms with E-state index in [0.717, 1.165) is 6.20 Å². The number of nitriles is 1. The topological polar surface area (TPSA) is 118 Å². The van der Waals surface area contributed by atoms with Crippen molar-refractivity contribution in [2.75, 3.05) is 11.1 Å². The summed E-state index contributed by atoms with van der Waals surface area (Å²) in [4.78, 5) is 16.3. The number of imidazole rings is 1. The molecule has 3 aromatic heterocycles. The van der Waals surface area contributed by atoms with E-state index in [1.54, 1.807) is 11.5 Å². The summed E-state index contributed by atoms with van der Waals surface area (Å²) in [7, 11) is 0. The minimum atomic E-state index is -0.539. The molecule has 3 N–H and O–H groups in total. The van der Waals surface area contributed by atoms with E-state index in [-0.39, 0.29) is 17.2 Å². The van der Waals surface area contributed by atoms with Crippen LogP contribution in [0.4, 0.5) is 20.4 Å². The van der Waals surface area contributed by atoms with Gasteiger partial charge in [0.15, 0.2) is 0 Å². The maximum Gasteiger partial charge on any atom is 0.150 e. The third-order valence-electron chi connectivity index (χ3n) is 4.32. The number of hydrogen-bond donors (Lipinski definition) is 2. The lowest BCUT2D eigenvalue weighted by molar-refractivity contribution is 0.619. The van der Waals surface area contributed by atoms with Gasteiger partial charge in [-0.2, -0.15) is 5.26 Å². The number of nitrogens with one attached hydrogen (secondary N) is 1. The van der Waals surface area contributed by atoms with Crippen molar-refractivity contribution < 1.29 is 8.78 Å². The second-order valence-electron chi connectivity index (χ2n) is 6.26. The van der Waals surface area contributed by atoms with Gasteiger partial charge in [-0.25, -0.2) is 23.7 Å². The number of rotatable bonds is 4. The number of nitrogens with zero attached hydrogens (tertiary/aromatic N) is 6. The first-order valence-electron chi connectivity index (χ1n) is 8.54. The van der Waals surface area contributed by atoms with E-state index in [9.17, 15) is 14.0 Å². The van der Waals surface area contributed by atoms with Gasteiger partial charge in [0.25, 0.3) is 0 Å². The Morgan fingerprint density at radius 3 is 2.76 bits per heavy atom. The average Bonchev–Trinajstić information content (AvgIpc) is 3.07. The third-order valence-corrected chi connectivity index (χ3v) is 4.32. The molecule has 0 aliphatic heterocycles. The van der Waals surface area contributed by atoms with Gasteiger partial charge in [0.05, 0.1) is 35.2 Å². The van der Waals surface area contributed by atoms with Crippen LogP contribution in [0.25, 0.3) is 16.7 Å². The molecule has 0 aliphatic carbocycles. The van der Waals surface area contributed by atoms with Gasteiger partial charge < -0.3 is 11.1 Å². The number of hydrogen-bond acceptors (Lipinski definition) is 7. The molecule has 144 valence electrons. The highest BCUT2D eigenvalue weighted by Gasteiger charge is 2.21. The zero-order valence-electron chi connectivity index (χ0n) is 15.1. The Hall–Kier alpha value is -4.13. The lowest BCUT2D eigenvalue weighted by Crippen LogP contribution is -2.15. The van der Waals surface area contributed by atoms with E-state index in [0.29, 0.717) is 22.5 Å². The van der Waals surface area contributed by atoms with E-state index < -0.39 is 17.7 Å². The van der Waals surface area contributed by atoms with Crippen LogP contribution < -0.4 is 11.1 Å². The Morgan fingerprint density at radius 1 is 1.17 bits per heavy atom. The molecule has 0 aliphatic rings. The summed E-state index contributed by atoms with van der Waals surface area (Å²) >= 11 is 0. The Morgan fingerprint density at radius 2 is 2.00 bits per heavy atom. The Bertz CT molecular complexity index is 1260. The van der Waals surface area contributed by atoms with Gasteiger partial charge in [0.1, 0.15) is 47.1 Å². The van der Waals surface area contributed by atoms with Crippen molar-refractivity contribution in [1.29, 1.82) is 5.26 Å². The maximum atomic E-state index is 13.9. The van der Waals surface area contributed by atoms with Crippen LogP contribution in [0.5, 0.6) is 0 Å². The molecule has 10 heteroatoms. The van der Waals surface area contributed by atoms with Crippen molar-refractivity contribution in [3.8, 4) is 11.8 Å². The van der Waals surface area contributed by atoms with Gasteiger partial charge in [0, 0.05) is 12.1 Å². The van der Waals surface area contributed by atoms with Crippen molar-refractivity contribution in [3.63, 3.8) is 0 Å². The number of nitrogens with two attached hydrogens (primary N) is 1. The molecule has 0 fully saturated rings. The van der Waals surface area contributed by atoms with Gasteiger partial charge in [-0.3, -0.25) is 9.55 Å². The lowest BCUT2D eigenvalue weighted by Gasteiger charge is -2.17. The molecule has 0 bridgehead atoms. The van der Waals surface area contributed by atoms with Crippen LogP contribution in [-0.2, 0) is 0 Å². The minimum Gasteiger partial charge on any atom is -0.382 e. The fourth-order valence-corrected chi connectivity index (χ4v) is 3.04. The van der Waals surface area contributed by atoms with Crippen LogP contribution >= 0.6 is 0 Å². The lowest BCUT2D eigenvalue weighted by atomic mass is 10.2. The molecule has 3 heterocycles. The van der Waals surface area contributed by atoms with Gasteiger partial charge >= 0.3 is 0 Å². The molecule has 0 spiro atoms. The van der Waals surface area contributed by atoms with Crippen LogP contribution in [0.2, 0.25) is 0 Å². The molecule has 0 radical (unpaired) electrons. The molecule has 0 unspecified atom stereocenters. The Kier molecular flexibility index (Phi) is 4.48. The first-order chi connectivity index (χ1) is 14.0. The number of pyridine rings is 1. The van der Waals surface area contributed by atoms with E-state index in [1.807, 2.05) is 6.07 Å². The first kappa shape index (κ1) is 18.2. The zero-order valence-corrected chi connectivity index (χ0v) is 15.1. The molecular formula is C19H14F2N8. The Labute approximate surface area is 163 Å². The molecule has 29 heavy (non-hydrogen) atoms. The summed E-state index contributed by atoms with van der Waals surface area (Å²) in [5.41, 5.74) is 7.18. The highest BCUT2D eigenvalue weighted by molar-refractivity contribution is 5.78. The van der Waals surface area contributed by atoms with E-state index in [2.05, 4.69) is 25.3 Å². The largest absolute Gasteiger partial charge is 0.382 e. The first-order valence-corrected chi connectivity index (χ1v) is 8.54. The molecule has 4 aromatic rings. The molecule has 8 nitrogen and oxygen atoms in total. The van der Waals surface area contributed by atoms with Gasteiger partial charge in [0.2, 0.25) is 0 Å². The van der Waals surface area contributed by atoms with E-state index in [4.69, 9.17) is 5.73 Å². The minimum absolute atomic E-state index is 0.0436. The number of benzene rings is 1. The van der Waals surface area contributed by atoms with Crippen molar-refractivity contribution in [2.45, 2.75) is 13.0 Å². The van der Waals surface area contributed by atoms with Crippen molar-refractivity contribution in [2.24, 2.45) is 0 Å². The molecule has 0 amide bonds. The van der Waals surface area contributed by atoms with Crippen LogP contribution in [0, 0.1) is 23.0 Å². The number of anilines is 2. The second-order valence-corrected chi connectivity index (χ2v) is 6.26. The molecule has 1 aromatic carbocycles. The highest BCUT2D eigenvalue weighted by atomic mass is 19.1. The molecule has 1 atom stereocenters. The second kappa shape index (κ2) is 7.12. The van der Waals surface area contributed by atoms with Gasteiger partial charge in [-0.05, 0) is 19.1 Å². The summed E-state index contributed by atoms with van der Waals surface area (Å²) in [6.45, 7) is 1.78. The molecule has 0 saturated carbocycles. The third kappa shape index (κ3) is 3.29. The number of fused-ring (bicyclic) bond motifs is 1. The summed E-state index contributed by atoms with van der Waals surface area (Å²) in [6.07, 6.45) is 3.77. The monoisotopic (exact) mass is 392 g/mol. The van der Waals surface area contributed by atoms with Crippen LogP contribution in [0.15, 0.2) is 43.0 Å². The highest BCUT2D eigenvalue weighted by Crippen LogP contribution is 2.28. The Balaban J connectivity index is 1.87. The average molecular weight is 392 g/mol. The van der Waals surface area contributed by atoms with Crippen LogP contribution in [0.1, 0.15) is 24.4 Å². The smallest absolute Gasteiger partial charge is 0.150 e. The maximum absolute atomic E-state index is 13.9. The molecule has 4 rings (SSSR count). The number of nitrogen functional groups attached to an aromatic ring is 1. The molecular weight excluding hydrogens is 378 g/mol. The van der Waals surface area contributed by atoms with Gasteiger partial charge in [-0.1, -0.05) is 0 Å².